The monoisotopic (exact) mass is 245 g/mol. The number of rotatable bonds is 8. The predicted molar refractivity (Wildman–Crippen MR) is 66.6 cm³/mol. The van der Waals surface area contributed by atoms with Crippen molar-refractivity contribution in [2.75, 3.05) is 27.7 Å². The molecule has 0 heterocycles. The quantitative estimate of drug-likeness (QED) is 0.507. The molecule has 100 valence electrons. The molecule has 0 rings (SSSR count). The Labute approximate surface area is 103 Å². The molecule has 1 amide bonds. The van der Waals surface area contributed by atoms with Gasteiger partial charge in [-0.15, -0.1) is 0 Å². The smallest absolute Gasteiger partial charge is 0.307 e. The van der Waals surface area contributed by atoms with Gasteiger partial charge in [0, 0.05) is 6.54 Å². The first-order chi connectivity index (χ1) is 8.02. The summed E-state index contributed by atoms with van der Waals surface area (Å²) >= 11 is 0. The fourth-order valence-corrected chi connectivity index (χ4v) is 1.53. The minimum atomic E-state index is -0.305. The summed E-state index contributed by atoms with van der Waals surface area (Å²) in [5.74, 6) is -0.326. The van der Waals surface area contributed by atoms with Crippen molar-refractivity contribution in [3.63, 3.8) is 0 Å². The Morgan fingerprint density at radius 3 is 2.47 bits per heavy atom. The molecule has 5 heteroatoms. The third-order valence-corrected chi connectivity index (χ3v) is 2.61. The topological polar surface area (TPSA) is 58.6 Å². The lowest BCUT2D eigenvalue weighted by Crippen LogP contribution is -2.44. The lowest BCUT2D eigenvalue weighted by Gasteiger charge is -2.23. The van der Waals surface area contributed by atoms with Crippen LogP contribution in [0.5, 0.6) is 0 Å². The van der Waals surface area contributed by atoms with Crippen LogP contribution in [-0.2, 0) is 14.3 Å². The number of hydrogen-bond acceptors (Lipinski definition) is 4. The third kappa shape index (κ3) is 6.94. The van der Waals surface area contributed by atoms with Crippen LogP contribution in [0.1, 0.15) is 32.6 Å². The summed E-state index contributed by atoms with van der Waals surface area (Å²) in [6.45, 7) is 2.43. The van der Waals surface area contributed by atoms with Crippen LogP contribution >= 0.6 is 0 Å². The van der Waals surface area contributed by atoms with E-state index in [2.05, 4.69) is 17.0 Å². The Bertz CT molecular complexity index is 242. The zero-order valence-electron chi connectivity index (χ0n) is 11.3. The Balaban J connectivity index is 4.01. The van der Waals surface area contributed by atoms with Gasteiger partial charge in [-0.3, -0.25) is 14.5 Å². The molecule has 0 bridgehead atoms. The van der Waals surface area contributed by atoms with Crippen LogP contribution in [0.3, 0.4) is 0 Å². The van der Waals surface area contributed by atoms with E-state index in [9.17, 15) is 9.59 Å². The van der Waals surface area contributed by atoms with Crippen LogP contribution in [0.25, 0.3) is 0 Å². The van der Waals surface area contributed by atoms with Crippen LogP contribution in [0.4, 0.5) is 0 Å². The predicted octanol–water partition coefficient (Wildman–Crippen LogP) is 0.786. The Kier molecular flexibility index (Phi) is 8.40. The maximum atomic E-state index is 11.9. The van der Waals surface area contributed by atoms with Gasteiger partial charge in [0.15, 0.2) is 0 Å². The van der Waals surface area contributed by atoms with Crippen molar-refractivity contribution >= 4 is 11.9 Å². The summed E-state index contributed by atoms with van der Waals surface area (Å²) < 4.78 is 4.50. The molecule has 0 spiro atoms. The first-order valence-corrected chi connectivity index (χ1v) is 6.03. The Morgan fingerprint density at radius 2 is 2.00 bits per heavy atom. The van der Waals surface area contributed by atoms with E-state index in [-0.39, 0.29) is 24.3 Å². The number of methoxy groups -OCH3 is 1. The molecule has 0 radical (unpaired) electrons. The molecule has 0 aromatic carbocycles. The number of nitrogens with one attached hydrogen (secondary N) is 1. The standard InChI is InChI=1S/C12H24N2O3/c1-5-6-7-10(14(2)3)12(16)13-9-8-11(15)17-4/h10H,5-9H2,1-4H3,(H,13,16)/i1+1. The molecular weight excluding hydrogens is 221 g/mol. The molecule has 0 aliphatic carbocycles. The van der Waals surface area contributed by atoms with E-state index < -0.39 is 0 Å². The van der Waals surface area contributed by atoms with Crippen molar-refractivity contribution in [1.82, 2.24) is 10.2 Å². The molecule has 1 unspecified atom stereocenters. The molecule has 0 aliphatic heterocycles. The zero-order chi connectivity index (χ0) is 13.3. The van der Waals surface area contributed by atoms with Crippen molar-refractivity contribution < 1.29 is 14.3 Å². The molecule has 17 heavy (non-hydrogen) atoms. The van der Waals surface area contributed by atoms with Crippen molar-refractivity contribution in [3.05, 3.63) is 0 Å². The van der Waals surface area contributed by atoms with E-state index in [0.717, 1.165) is 19.3 Å². The maximum Gasteiger partial charge on any atom is 0.307 e. The van der Waals surface area contributed by atoms with E-state index >= 15 is 0 Å². The molecule has 1 atom stereocenters. The summed E-state index contributed by atoms with van der Waals surface area (Å²) in [5.41, 5.74) is 0. The Hall–Kier alpha value is -1.10. The van der Waals surface area contributed by atoms with Gasteiger partial charge in [0.05, 0.1) is 19.6 Å². The van der Waals surface area contributed by atoms with Crippen LogP contribution in [-0.4, -0.2) is 50.6 Å². The average Bonchev–Trinajstić information content (AvgIpc) is 2.28. The van der Waals surface area contributed by atoms with Gasteiger partial charge in [-0.05, 0) is 20.5 Å². The first-order valence-electron chi connectivity index (χ1n) is 6.03. The lowest BCUT2D eigenvalue weighted by molar-refractivity contribution is -0.140. The van der Waals surface area contributed by atoms with Crippen LogP contribution in [0.2, 0.25) is 0 Å². The van der Waals surface area contributed by atoms with Gasteiger partial charge in [-0.2, -0.15) is 0 Å². The van der Waals surface area contributed by atoms with Crippen molar-refractivity contribution in [2.24, 2.45) is 0 Å². The summed E-state index contributed by atoms with van der Waals surface area (Å²) in [6.07, 6.45) is 3.15. The van der Waals surface area contributed by atoms with Gasteiger partial charge in [0.2, 0.25) is 5.91 Å². The van der Waals surface area contributed by atoms with Crippen molar-refractivity contribution in [1.29, 1.82) is 0 Å². The van der Waals surface area contributed by atoms with Gasteiger partial charge in [0.1, 0.15) is 0 Å². The number of likely N-dealkylation sites (N-methyl/N-ethyl adjacent to an activating group) is 1. The number of carbonyl (C=O) groups is 2. The molecule has 0 saturated carbocycles. The van der Waals surface area contributed by atoms with Crippen molar-refractivity contribution in [2.45, 2.75) is 38.6 Å². The average molecular weight is 245 g/mol. The number of nitrogens with zero attached hydrogens (tertiary/aromatic N) is 1. The van der Waals surface area contributed by atoms with E-state index in [4.69, 9.17) is 0 Å². The van der Waals surface area contributed by atoms with E-state index in [0.29, 0.717) is 6.54 Å². The van der Waals surface area contributed by atoms with E-state index in [1.54, 1.807) is 0 Å². The van der Waals surface area contributed by atoms with Gasteiger partial charge in [0.25, 0.3) is 0 Å². The molecule has 0 aromatic heterocycles. The highest BCUT2D eigenvalue weighted by Crippen LogP contribution is 2.05. The van der Waals surface area contributed by atoms with Crippen LogP contribution < -0.4 is 5.32 Å². The summed E-state index contributed by atoms with van der Waals surface area (Å²) in [6, 6.07) is -0.118. The second kappa shape index (κ2) is 8.98. The zero-order valence-corrected chi connectivity index (χ0v) is 11.3. The van der Waals surface area contributed by atoms with Crippen LogP contribution in [0.15, 0.2) is 0 Å². The summed E-state index contributed by atoms with van der Waals surface area (Å²) in [4.78, 5) is 24.6. The van der Waals surface area contributed by atoms with Gasteiger partial charge < -0.3 is 10.1 Å². The third-order valence-electron chi connectivity index (χ3n) is 2.61. The minimum absolute atomic E-state index is 0.0210. The molecule has 1 N–H and O–H groups in total. The largest absolute Gasteiger partial charge is 0.469 e. The molecule has 0 aromatic rings. The Morgan fingerprint density at radius 1 is 1.35 bits per heavy atom. The van der Waals surface area contributed by atoms with Gasteiger partial charge in [-0.25, -0.2) is 0 Å². The minimum Gasteiger partial charge on any atom is -0.469 e. The second-order valence-corrected chi connectivity index (χ2v) is 4.24. The maximum absolute atomic E-state index is 11.9. The van der Waals surface area contributed by atoms with Gasteiger partial charge in [-0.1, -0.05) is 19.8 Å². The number of unbranched alkanes of at least 4 members (excludes halogenated alkanes) is 1. The fourth-order valence-electron chi connectivity index (χ4n) is 1.53. The molecule has 0 aliphatic rings. The number of ether oxygens (including phenoxy) is 1. The molecule has 0 saturated heterocycles. The number of hydrogen-bond donors (Lipinski definition) is 1. The summed E-state index contributed by atoms with van der Waals surface area (Å²) in [7, 11) is 5.12. The molecule has 0 fully saturated rings. The second-order valence-electron chi connectivity index (χ2n) is 4.24. The normalized spacial score (nSPS) is 12.3. The van der Waals surface area contributed by atoms with E-state index in [1.165, 1.54) is 7.11 Å². The number of amides is 1. The highest BCUT2D eigenvalue weighted by molar-refractivity contribution is 5.82. The number of esters is 1. The fraction of sp³-hybridized carbons (Fsp3) is 0.833. The van der Waals surface area contributed by atoms with Crippen LogP contribution in [0, 0.1) is 0 Å². The van der Waals surface area contributed by atoms with E-state index in [1.807, 2.05) is 19.0 Å². The van der Waals surface area contributed by atoms with Crippen molar-refractivity contribution in [3.8, 4) is 0 Å². The van der Waals surface area contributed by atoms with Gasteiger partial charge >= 0.3 is 5.97 Å². The SMILES string of the molecule is COC(=O)CCNC(=O)C(CCC[13CH3])N(C)C. The number of carbonyl (C=O) groups excluding carboxylic acids is 2. The summed E-state index contributed by atoms with van der Waals surface area (Å²) in [5, 5.41) is 2.76. The lowest BCUT2D eigenvalue weighted by atomic mass is 10.1. The molecular formula is C12H24N2O3. The molecule has 5 nitrogen and oxygen atoms in total. The first kappa shape index (κ1) is 15.9. The highest BCUT2D eigenvalue weighted by Gasteiger charge is 2.19. The highest BCUT2D eigenvalue weighted by atomic mass is 16.5.